The Hall–Kier alpha value is -0.730. The van der Waals surface area contributed by atoms with Gasteiger partial charge in [-0.05, 0) is 29.7 Å². The maximum absolute atomic E-state index is 6.35. The van der Waals surface area contributed by atoms with E-state index >= 15 is 0 Å². The van der Waals surface area contributed by atoms with E-state index in [2.05, 4.69) is 32.9 Å². The van der Waals surface area contributed by atoms with Crippen LogP contribution in [0.2, 0.25) is 0 Å². The Bertz CT molecular complexity index is 450. The minimum atomic E-state index is -0.170. The van der Waals surface area contributed by atoms with Crippen molar-refractivity contribution in [1.82, 2.24) is 0 Å². The zero-order valence-corrected chi connectivity index (χ0v) is 11.2. The van der Waals surface area contributed by atoms with E-state index in [4.69, 9.17) is 16.0 Å². The average molecular weight is 255 g/mol. The number of hydrogen-bond donors (Lipinski definition) is 0. The highest BCUT2D eigenvalue weighted by atomic mass is 35.5. The first-order valence-corrected chi connectivity index (χ1v) is 6.51. The van der Waals surface area contributed by atoms with Gasteiger partial charge in [0.05, 0.1) is 6.26 Å². The molecule has 2 heterocycles. The highest BCUT2D eigenvalue weighted by Crippen LogP contribution is 2.37. The summed E-state index contributed by atoms with van der Waals surface area (Å²) < 4.78 is 5.32. The molecule has 0 aliphatic rings. The second-order valence-electron chi connectivity index (χ2n) is 4.83. The Balaban J connectivity index is 2.26. The summed E-state index contributed by atoms with van der Waals surface area (Å²) in [5, 5.41) is -0.170. The highest BCUT2D eigenvalue weighted by molar-refractivity contribution is 7.12. The lowest BCUT2D eigenvalue weighted by Gasteiger charge is -2.15. The molecule has 2 rings (SSSR count). The van der Waals surface area contributed by atoms with Crippen LogP contribution in [-0.4, -0.2) is 0 Å². The smallest absolute Gasteiger partial charge is 0.126 e. The van der Waals surface area contributed by atoms with Crippen molar-refractivity contribution < 1.29 is 4.42 Å². The van der Waals surface area contributed by atoms with Gasteiger partial charge < -0.3 is 4.42 Å². The molecule has 0 fully saturated rings. The molecule has 0 saturated carbocycles. The van der Waals surface area contributed by atoms with Gasteiger partial charge in [-0.1, -0.05) is 20.8 Å². The number of alkyl halides is 1. The molecule has 1 atom stereocenters. The Labute approximate surface area is 105 Å². The Kier molecular flexibility index (Phi) is 3.13. The number of rotatable bonds is 2. The fourth-order valence-corrected chi connectivity index (χ4v) is 2.85. The molecule has 1 unspecified atom stereocenters. The standard InChI is InChI=1S/C13H15ClOS/c1-13(2,3)11-7-6-10(16-11)12(14)9-5-4-8-15-9/h4-8,12H,1-3H3. The van der Waals surface area contributed by atoms with Gasteiger partial charge in [0.25, 0.3) is 0 Å². The zero-order valence-electron chi connectivity index (χ0n) is 9.66. The molecule has 0 aliphatic carbocycles. The van der Waals surface area contributed by atoms with Crippen molar-refractivity contribution in [1.29, 1.82) is 0 Å². The van der Waals surface area contributed by atoms with Crippen molar-refractivity contribution in [2.24, 2.45) is 0 Å². The summed E-state index contributed by atoms with van der Waals surface area (Å²) in [6, 6.07) is 8.01. The molecule has 2 aromatic heterocycles. The third kappa shape index (κ3) is 2.33. The minimum absolute atomic E-state index is 0.170. The second-order valence-corrected chi connectivity index (χ2v) is 6.38. The quantitative estimate of drug-likeness (QED) is 0.690. The van der Waals surface area contributed by atoms with Crippen LogP contribution in [0, 0.1) is 0 Å². The van der Waals surface area contributed by atoms with Gasteiger partial charge in [-0.25, -0.2) is 0 Å². The van der Waals surface area contributed by atoms with Gasteiger partial charge in [0.2, 0.25) is 0 Å². The van der Waals surface area contributed by atoms with Crippen molar-refractivity contribution >= 4 is 22.9 Å². The minimum Gasteiger partial charge on any atom is -0.467 e. The summed E-state index contributed by atoms with van der Waals surface area (Å²) >= 11 is 8.11. The first-order valence-electron chi connectivity index (χ1n) is 5.26. The molecule has 0 spiro atoms. The number of furan rings is 1. The van der Waals surface area contributed by atoms with Crippen LogP contribution >= 0.6 is 22.9 Å². The van der Waals surface area contributed by atoms with Crippen molar-refractivity contribution in [3.05, 3.63) is 46.0 Å². The normalized spacial score (nSPS) is 14.0. The SMILES string of the molecule is CC(C)(C)c1ccc(C(Cl)c2ccco2)s1. The molecule has 1 nitrogen and oxygen atoms in total. The monoisotopic (exact) mass is 254 g/mol. The van der Waals surface area contributed by atoms with Crippen molar-refractivity contribution in [2.45, 2.75) is 31.6 Å². The lowest BCUT2D eigenvalue weighted by atomic mass is 9.95. The molecule has 0 amide bonds. The van der Waals surface area contributed by atoms with E-state index in [-0.39, 0.29) is 10.8 Å². The fraction of sp³-hybridized carbons (Fsp3) is 0.385. The van der Waals surface area contributed by atoms with Crippen LogP contribution < -0.4 is 0 Å². The van der Waals surface area contributed by atoms with Crippen LogP contribution in [-0.2, 0) is 5.41 Å². The molecular weight excluding hydrogens is 240 g/mol. The predicted octanol–water partition coefficient (Wildman–Crippen LogP) is 4.97. The van der Waals surface area contributed by atoms with Crippen LogP contribution in [0.15, 0.2) is 34.9 Å². The first-order chi connectivity index (χ1) is 7.48. The highest BCUT2D eigenvalue weighted by Gasteiger charge is 2.20. The Morgan fingerprint density at radius 3 is 2.50 bits per heavy atom. The van der Waals surface area contributed by atoms with Gasteiger partial charge in [-0.3, -0.25) is 0 Å². The first kappa shape index (κ1) is 11.7. The van der Waals surface area contributed by atoms with Gasteiger partial charge >= 0.3 is 0 Å². The summed E-state index contributed by atoms with van der Waals surface area (Å²) in [5.41, 5.74) is 0.183. The van der Waals surface area contributed by atoms with E-state index in [1.165, 1.54) is 4.88 Å². The maximum atomic E-state index is 6.35. The van der Waals surface area contributed by atoms with Crippen LogP contribution in [0.3, 0.4) is 0 Å². The van der Waals surface area contributed by atoms with E-state index in [9.17, 15) is 0 Å². The van der Waals surface area contributed by atoms with E-state index in [0.29, 0.717) is 0 Å². The summed E-state index contributed by atoms with van der Waals surface area (Å²) in [7, 11) is 0. The van der Waals surface area contributed by atoms with E-state index in [0.717, 1.165) is 10.6 Å². The molecular formula is C13H15ClOS. The van der Waals surface area contributed by atoms with E-state index in [1.54, 1.807) is 17.6 Å². The van der Waals surface area contributed by atoms with Gasteiger partial charge in [0, 0.05) is 9.75 Å². The molecule has 0 aromatic carbocycles. The van der Waals surface area contributed by atoms with Crippen molar-refractivity contribution in [2.75, 3.05) is 0 Å². The molecule has 16 heavy (non-hydrogen) atoms. The third-order valence-electron chi connectivity index (χ3n) is 2.41. The summed E-state index contributed by atoms with van der Waals surface area (Å²) in [6.45, 7) is 6.62. The van der Waals surface area contributed by atoms with Crippen LogP contribution in [0.1, 0.15) is 41.7 Å². The summed E-state index contributed by atoms with van der Waals surface area (Å²) in [4.78, 5) is 2.49. The lowest BCUT2D eigenvalue weighted by Crippen LogP contribution is -2.07. The summed E-state index contributed by atoms with van der Waals surface area (Å²) in [5.74, 6) is 0.809. The van der Waals surface area contributed by atoms with Crippen LogP contribution in [0.25, 0.3) is 0 Å². The third-order valence-corrected chi connectivity index (χ3v) is 4.56. The maximum Gasteiger partial charge on any atom is 0.126 e. The molecule has 0 saturated heterocycles. The van der Waals surface area contributed by atoms with Gasteiger partial charge in [0.1, 0.15) is 11.1 Å². The number of hydrogen-bond acceptors (Lipinski definition) is 2. The summed E-state index contributed by atoms with van der Waals surface area (Å²) in [6.07, 6.45) is 1.66. The molecule has 2 aromatic rings. The Morgan fingerprint density at radius 2 is 2.00 bits per heavy atom. The number of thiophene rings is 1. The lowest BCUT2D eigenvalue weighted by molar-refractivity contribution is 0.517. The average Bonchev–Trinajstić information content (AvgIpc) is 2.87. The molecule has 0 radical (unpaired) electrons. The van der Waals surface area contributed by atoms with Gasteiger partial charge in [-0.2, -0.15) is 0 Å². The van der Waals surface area contributed by atoms with Gasteiger partial charge in [0.15, 0.2) is 0 Å². The van der Waals surface area contributed by atoms with Crippen LogP contribution in [0.4, 0.5) is 0 Å². The molecule has 86 valence electrons. The second kappa shape index (κ2) is 4.27. The predicted molar refractivity (Wildman–Crippen MR) is 69.4 cm³/mol. The molecule has 0 aliphatic heterocycles. The molecule has 3 heteroatoms. The van der Waals surface area contributed by atoms with Crippen molar-refractivity contribution in [3.63, 3.8) is 0 Å². The van der Waals surface area contributed by atoms with Crippen LogP contribution in [0.5, 0.6) is 0 Å². The van der Waals surface area contributed by atoms with Crippen molar-refractivity contribution in [3.8, 4) is 0 Å². The van der Waals surface area contributed by atoms with E-state index < -0.39 is 0 Å². The van der Waals surface area contributed by atoms with E-state index in [1.807, 2.05) is 12.1 Å². The topological polar surface area (TPSA) is 13.1 Å². The van der Waals surface area contributed by atoms with Gasteiger partial charge in [-0.15, -0.1) is 22.9 Å². The Morgan fingerprint density at radius 1 is 1.25 bits per heavy atom. The largest absolute Gasteiger partial charge is 0.467 e. The number of halogens is 1. The fourth-order valence-electron chi connectivity index (χ4n) is 1.47. The molecule has 0 bridgehead atoms. The zero-order chi connectivity index (χ0) is 11.8. The molecule has 0 N–H and O–H groups in total.